The minimum Gasteiger partial charge on any atom is -0.377 e. The van der Waals surface area contributed by atoms with E-state index in [2.05, 4.69) is 20.0 Å². The van der Waals surface area contributed by atoms with E-state index in [4.69, 9.17) is 9.26 Å². The van der Waals surface area contributed by atoms with Crippen LogP contribution in [0.25, 0.3) is 0 Å². The average Bonchev–Trinajstić information content (AvgIpc) is 2.97. The molecule has 2 heterocycles. The largest absolute Gasteiger partial charge is 0.377 e. The van der Waals surface area contributed by atoms with Gasteiger partial charge in [0.15, 0.2) is 5.82 Å². The molecule has 0 aromatic carbocycles. The molecule has 19 heavy (non-hydrogen) atoms. The summed E-state index contributed by atoms with van der Waals surface area (Å²) < 4.78 is 10.1. The summed E-state index contributed by atoms with van der Waals surface area (Å²) in [6.07, 6.45) is 0.992. The number of rotatable bonds is 7. The van der Waals surface area contributed by atoms with Crippen LogP contribution >= 0.6 is 11.3 Å². The quantitative estimate of drug-likeness (QED) is 0.769. The van der Waals surface area contributed by atoms with E-state index >= 15 is 0 Å². The van der Waals surface area contributed by atoms with E-state index in [-0.39, 0.29) is 0 Å². The van der Waals surface area contributed by atoms with E-state index in [1.807, 2.05) is 19.5 Å². The first kappa shape index (κ1) is 14.1. The second-order valence-electron chi connectivity index (χ2n) is 4.39. The second kappa shape index (κ2) is 6.74. The minimum atomic E-state index is 0.382. The molecule has 0 N–H and O–H groups in total. The van der Waals surface area contributed by atoms with Crippen molar-refractivity contribution < 1.29 is 9.26 Å². The summed E-state index contributed by atoms with van der Waals surface area (Å²) >= 11 is 1.70. The molecule has 0 spiro atoms. The maximum Gasteiger partial charge on any atom is 0.240 e. The number of nitrogens with zero attached hydrogens (tertiary/aromatic N) is 4. The van der Waals surface area contributed by atoms with Crippen molar-refractivity contribution >= 4 is 11.3 Å². The third kappa shape index (κ3) is 4.09. The van der Waals surface area contributed by atoms with E-state index in [0.717, 1.165) is 18.7 Å². The van der Waals surface area contributed by atoms with Crippen LogP contribution in [0.2, 0.25) is 0 Å². The molecular formula is C12H18N4O2S. The van der Waals surface area contributed by atoms with E-state index in [1.165, 1.54) is 4.88 Å². The van der Waals surface area contributed by atoms with E-state index in [0.29, 0.717) is 24.9 Å². The van der Waals surface area contributed by atoms with Crippen molar-refractivity contribution in [3.63, 3.8) is 0 Å². The van der Waals surface area contributed by atoms with Crippen LogP contribution in [0.3, 0.4) is 0 Å². The smallest absolute Gasteiger partial charge is 0.240 e. The number of hydrogen-bond acceptors (Lipinski definition) is 7. The average molecular weight is 282 g/mol. The summed E-state index contributed by atoms with van der Waals surface area (Å²) in [7, 11) is 3.65. The highest BCUT2D eigenvalue weighted by Crippen LogP contribution is 2.13. The lowest BCUT2D eigenvalue weighted by Gasteiger charge is -2.13. The highest BCUT2D eigenvalue weighted by molar-refractivity contribution is 7.09. The molecular weight excluding hydrogens is 264 g/mol. The lowest BCUT2D eigenvalue weighted by molar-refractivity contribution is 0.174. The Labute approximate surface area is 116 Å². The highest BCUT2D eigenvalue weighted by Gasteiger charge is 2.10. The van der Waals surface area contributed by atoms with Gasteiger partial charge in [-0.05, 0) is 20.4 Å². The van der Waals surface area contributed by atoms with Gasteiger partial charge >= 0.3 is 0 Å². The first-order chi connectivity index (χ1) is 9.19. The number of likely N-dealkylation sites (N-methyl/N-ethyl adjacent to an activating group) is 1. The fraction of sp³-hybridized carbons (Fsp3) is 0.583. The van der Waals surface area contributed by atoms with E-state index in [1.54, 1.807) is 18.4 Å². The molecule has 0 unspecified atom stereocenters. The standard InChI is InChI=1S/C12H18N4O2S/c1-9-10(19-8-13-9)4-5-16(2)6-12-14-11(7-17-3)15-18-12/h8H,4-7H2,1-3H3. The van der Waals surface area contributed by atoms with E-state index in [9.17, 15) is 0 Å². The predicted molar refractivity (Wildman–Crippen MR) is 71.9 cm³/mol. The van der Waals surface area contributed by atoms with Crippen LogP contribution < -0.4 is 0 Å². The van der Waals surface area contributed by atoms with Crippen molar-refractivity contribution in [3.05, 3.63) is 27.8 Å². The third-order valence-corrected chi connectivity index (χ3v) is 3.75. The van der Waals surface area contributed by atoms with Gasteiger partial charge in [-0.1, -0.05) is 5.16 Å². The van der Waals surface area contributed by atoms with Crippen molar-refractivity contribution in [1.29, 1.82) is 0 Å². The lowest BCUT2D eigenvalue weighted by atomic mass is 10.3. The van der Waals surface area contributed by atoms with Crippen molar-refractivity contribution in [2.24, 2.45) is 0 Å². The molecule has 2 rings (SSSR count). The van der Waals surface area contributed by atoms with Crippen LogP contribution in [0.15, 0.2) is 10.0 Å². The second-order valence-corrected chi connectivity index (χ2v) is 5.33. The molecule has 0 aliphatic heterocycles. The molecule has 0 fully saturated rings. The topological polar surface area (TPSA) is 64.3 Å². The maximum atomic E-state index is 5.16. The number of aromatic nitrogens is 3. The van der Waals surface area contributed by atoms with E-state index < -0.39 is 0 Å². The normalized spacial score (nSPS) is 11.4. The molecule has 0 saturated heterocycles. The zero-order valence-electron chi connectivity index (χ0n) is 11.4. The molecule has 0 aliphatic carbocycles. The first-order valence-corrected chi connectivity index (χ1v) is 6.95. The Morgan fingerprint density at radius 2 is 2.32 bits per heavy atom. The fourth-order valence-electron chi connectivity index (χ4n) is 1.71. The molecule has 0 bridgehead atoms. The molecule has 0 aliphatic rings. The van der Waals surface area contributed by atoms with Crippen molar-refractivity contribution in [3.8, 4) is 0 Å². The highest BCUT2D eigenvalue weighted by atomic mass is 32.1. The van der Waals surface area contributed by atoms with Gasteiger partial charge in [0.2, 0.25) is 5.89 Å². The number of methoxy groups -OCH3 is 1. The van der Waals surface area contributed by atoms with Crippen LogP contribution in [0.5, 0.6) is 0 Å². The molecule has 2 aromatic rings. The van der Waals surface area contributed by atoms with Crippen LogP contribution in [0, 0.1) is 6.92 Å². The predicted octanol–water partition coefficient (Wildman–Crippen LogP) is 1.66. The monoisotopic (exact) mass is 282 g/mol. The summed E-state index contributed by atoms with van der Waals surface area (Å²) in [5.41, 5.74) is 3.01. The van der Waals surface area contributed by atoms with Crippen LogP contribution in [0.1, 0.15) is 22.3 Å². The zero-order chi connectivity index (χ0) is 13.7. The van der Waals surface area contributed by atoms with Gasteiger partial charge in [-0.15, -0.1) is 11.3 Å². The lowest BCUT2D eigenvalue weighted by Crippen LogP contribution is -2.20. The zero-order valence-corrected chi connectivity index (χ0v) is 12.2. The van der Waals surface area contributed by atoms with Gasteiger partial charge in [0, 0.05) is 18.5 Å². The number of aryl methyl sites for hydroxylation is 1. The number of ether oxygens (including phenoxy) is 1. The Morgan fingerprint density at radius 1 is 1.47 bits per heavy atom. The van der Waals surface area contributed by atoms with Gasteiger partial charge in [-0.2, -0.15) is 4.98 Å². The summed E-state index contributed by atoms with van der Waals surface area (Å²) in [5.74, 6) is 1.21. The SMILES string of the molecule is COCc1noc(CN(C)CCc2scnc2C)n1. The summed E-state index contributed by atoms with van der Waals surface area (Å²) in [5, 5.41) is 3.84. The Balaban J connectivity index is 1.80. The number of thiazole rings is 1. The van der Waals surface area contributed by atoms with Gasteiger partial charge in [0.1, 0.15) is 6.61 Å². The Kier molecular flexibility index (Phi) is 5.00. The van der Waals surface area contributed by atoms with Crippen LogP contribution in [-0.4, -0.2) is 40.7 Å². The van der Waals surface area contributed by atoms with Gasteiger partial charge in [-0.25, -0.2) is 4.98 Å². The first-order valence-electron chi connectivity index (χ1n) is 6.07. The van der Waals surface area contributed by atoms with Gasteiger partial charge < -0.3 is 9.26 Å². The Bertz CT molecular complexity index is 511. The number of hydrogen-bond donors (Lipinski definition) is 0. The van der Waals surface area contributed by atoms with Crippen molar-refractivity contribution in [2.75, 3.05) is 20.7 Å². The van der Waals surface area contributed by atoms with Crippen molar-refractivity contribution in [2.45, 2.75) is 26.5 Å². The molecule has 2 aromatic heterocycles. The Hall–Kier alpha value is -1.31. The molecule has 0 radical (unpaired) electrons. The summed E-state index contributed by atoms with van der Waals surface area (Å²) in [6, 6.07) is 0. The third-order valence-electron chi connectivity index (χ3n) is 2.75. The summed E-state index contributed by atoms with van der Waals surface area (Å²) in [6.45, 7) is 4.01. The van der Waals surface area contributed by atoms with Gasteiger partial charge in [0.05, 0.1) is 17.7 Å². The van der Waals surface area contributed by atoms with Gasteiger partial charge in [-0.3, -0.25) is 4.90 Å². The van der Waals surface area contributed by atoms with Gasteiger partial charge in [0.25, 0.3) is 0 Å². The summed E-state index contributed by atoms with van der Waals surface area (Å²) in [4.78, 5) is 12.0. The fourth-order valence-corrected chi connectivity index (χ4v) is 2.48. The molecule has 0 saturated carbocycles. The minimum absolute atomic E-state index is 0.382. The van der Waals surface area contributed by atoms with Crippen LogP contribution in [-0.2, 0) is 24.3 Å². The van der Waals surface area contributed by atoms with Crippen LogP contribution in [0.4, 0.5) is 0 Å². The molecule has 6 nitrogen and oxygen atoms in total. The molecule has 0 amide bonds. The maximum absolute atomic E-state index is 5.16. The molecule has 0 atom stereocenters. The molecule has 7 heteroatoms. The Morgan fingerprint density at radius 3 is 3.00 bits per heavy atom. The molecule has 104 valence electrons. The van der Waals surface area contributed by atoms with Crippen molar-refractivity contribution in [1.82, 2.24) is 20.0 Å².